The predicted molar refractivity (Wildman–Crippen MR) is 61.0 cm³/mol. The third-order valence-electron chi connectivity index (χ3n) is 3.35. The standard InChI is InChI=1S/C13H16N2O/c1-4-13-12(14-7-9-15(13)8-1)6-5-11-3-2-10-16-11/h1-4,8,10,12,14H,5-7,9H2/p+1/t12-/m0/s1. The van der Waals surface area contributed by atoms with Gasteiger partial charge in [0.15, 0.2) is 0 Å². The van der Waals surface area contributed by atoms with Gasteiger partial charge >= 0.3 is 0 Å². The van der Waals surface area contributed by atoms with Gasteiger partial charge in [0.25, 0.3) is 0 Å². The first kappa shape index (κ1) is 9.73. The van der Waals surface area contributed by atoms with Crippen molar-refractivity contribution in [1.82, 2.24) is 4.57 Å². The van der Waals surface area contributed by atoms with Gasteiger partial charge < -0.3 is 14.3 Å². The predicted octanol–water partition coefficient (Wildman–Crippen LogP) is 1.33. The molecule has 3 heteroatoms. The van der Waals surface area contributed by atoms with Crippen LogP contribution >= 0.6 is 0 Å². The Morgan fingerprint density at radius 2 is 2.38 bits per heavy atom. The van der Waals surface area contributed by atoms with Gasteiger partial charge in [0, 0.05) is 19.0 Å². The van der Waals surface area contributed by atoms with E-state index in [0.29, 0.717) is 6.04 Å². The minimum Gasteiger partial charge on any atom is -0.469 e. The van der Waals surface area contributed by atoms with Gasteiger partial charge in [0.05, 0.1) is 25.0 Å². The minimum absolute atomic E-state index is 0.592. The molecule has 84 valence electrons. The summed E-state index contributed by atoms with van der Waals surface area (Å²) in [4.78, 5) is 0. The fraction of sp³-hybridized carbons (Fsp3) is 0.385. The van der Waals surface area contributed by atoms with Crippen molar-refractivity contribution in [2.24, 2.45) is 0 Å². The molecule has 1 aliphatic heterocycles. The van der Waals surface area contributed by atoms with Crippen molar-refractivity contribution in [1.29, 1.82) is 0 Å². The lowest BCUT2D eigenvalue weighted by atomic mass is 10.1. The maximum absolute atomic E-state index is 5.37. The first-order valence-electron chi connectivity index (χ1n) is 5.94. The summed E-state index contributed by atoms with van der Waals surface area (Å²) in [7, 11) is 0. The first-order chi connectivity index (χ1) is 7.93. The maximum Gasteiger partial charge on any atom is 0.127 e. The van der Waals surface area contributed by atoms with Gasteiger partial charge in [-0.15, -0.1) is 0 Å². The molecular formula is C13H17N2O+. The average molecular weight is 217 g/mol. The van der Waals surface area contributed by atoms with Gasteiger partial charge in [-0.3, -0.25) is 0 Å². The summed E-state index contributed by atoms with van der Waals surface area (Å²) in [5.41, 5.74) is 1.46. The highest BCUT2D eigenvalue weighted by molar-refractivity contribution is 5.11. The van der Waals surface area contributed by atoms with Crippen molar-refractivity contribution in [2.45, 2.75) is 25.4 Å². The van der Waals surface area contributed by atoms with Gasteiger partial charge in [-0.1, -0.05) is 0 Å². The molecule has 2 aromatic heterocycles. The molecule has 2 N–H and O–H groups in total. The Labute approximate surface area is 95.1 Å². The number of rotatable bonds is 3. The van der Waals surface area contributed by atoms with Crippen molar-refractivity contribution >= 4 is 0 Å². The smallest absolute Gasteiger partial charge is 0.127 e. The summed E-state index contributed by atoms with van der Waals surface area (Å²) in [6.07, 6.45) is 6.11. The van der Waals surface area contributed by atoms with Gasteiger partial charge in [0.2, 0.25) is 0 Å². The molecule has 3 heterocycles. The maximum atomic E-state index is 5.37. The van der Waals surface area contributed by atoms with Crippen LogP contribution in [0.2, 0.25) is 0 Å². The fourth-order valence-electron chi connectivity index (χ4n) is 2.52. The Morgan fingerprint density at radius 3 is 3.25 bits per heavy atom. The number of quaternary nitrogens is 1. The Morgan fingerprint density at radius 1 is 1.38 bits per heavy atom. The third-order valence-corrected chi connectivity index (χ3v) is 3.35. The van der Waals surface area contributed by atoms with Crippen LogP contribution in [0.25, 0.3) is 0 Å². The van der Waals surface area contributed by atoms with Crippen molar-refractivity contribution in [3.8, 4) is 0 Å². The van der Waals surface area contributed by atoms with Gasteiger partial charge in [0.1, 0.15) is 11.8 Å². The van der Waals surface area contributed by atoms with Crippen LogP contribution in [-0.2, 0) is 13.0 Å². The lowest BCUT2D eigenvalue weighted by Gasteiger charge is -2.22. The SMILES string of the molecule is c1coc(CC[C@@H]2[NH2+]CCn3cccc32)c1. The van der Waals surface area contributed by atoms with E-state index in [9.17, 15) is 0 Å². The van der Waals surface area contributed by atoms with Crippen molar-refractivity contribution in [3.05, 3.63) is 48.2 Å². The van der Waals surface area contributed by atoms with E-state index in [2.05, 4.69) is 34.3 Å². The van der Waals surface area contributed by atoms with E-state index in [1.165, 1.54) is 12.2 Å². The topological polar surface area (TPSA) is 34.7 Å². The van der Waals surface area contributed by atoms with E-state index in [0.717, 1.165) is 25.1 Å². The molecular weight excluding hydrogens is 200 g/mol. The summed E-state index contributed by atoms with van der Waals surface area (Å²) in [5.74, 6) is 1.09. The minimum atomic E-state index is 0.592. The van der Waals surface area contributed by atoms with Crippen LogP contribution in [0.4, 0.5) is 0 Å². The summed E-state index contributed by atoms with van der Waals surface area (Å²) >= 11 is 0. The van der Waals surface area contributed by atoms with Crippen molar-refractivity contribution < 1.29 is 9.73 Å². The van der Waals surface area contributed by atoms with Gasteiger partial charge in [-0.05, 0) is 24.3 Å². The van der Waals surface area contributed by atoms with Crippen LogP contribution in [0.5, 0.6) is 0 Å². The number of furan rings is 1. The van der Waals surface area contributed by atoms with E-state index in [4.69, 9.17) is 4.42 Å². The van der Waals surface area contributed by atoms with Crippen LogP contribution in [0, 0.1) is 0 Å². The average Bonchev–Trinajstić information content (AvgIpc) is 2.97. The van der Waals surface area contributed by atoms with Crippen LogP contribution < -0.4 is 5.32 Å². The molecule has 0 amide bonds. The molecule has 0 saturated carbocycles. The number of aromatic nitrogens is 1. The summed E-state index contributed by atoms with van der Waals surface area (Å²) < 4.78 is 7.74. The summed E-state index contributed by atoms with van der Waals surface area (Å²) in [6.45, 7) is 2.32. The zero-order valence-corrected chi connectivity index (χ0v) is 9.30. The summed E-state index contributed by atoms with van der Waals surface area (Å²) in [5, 5.41) is 2.44. The van der Waals surface area contributed by atoms with E-state index < -0.39 is 0 Å². The molecule has 0 saturated heterocycles. The number of aryl methyl sites for hydroxylation is 1. The molecule has 1 aliphatic rings. The highest BCUT2D eigenvalue weighted by Gasteiger charge is 2.22. The first-order valence-corrected chi connectivity index (χ1v) is 5.94. The van der Waals surface area contributed by atoms with E-state index in [1.54, 1.807) is 6.26 Å². The van der Waals surface area contributed by atoms with E-state index in [1.807, 2.05) is 6.07 Å². The molecule has 0 aliphatic carbocycles. The fourth-order valence-corrected chi connectivity index (χ4v) is 2.52. The zero-order valence-electron chi connectivity index (χ0n) is 9.30. The summed E-state index contributed by atoms with van der Waals surface area (Å²) in [6, 6.07) is 9.00. The van der Waals surface area contributed by atoms with Crippen LogP contribution in [0.3, 0.4) is 0 Å². The lowest BCUT2D eigenvalue weighted by Crippen LogP contribution is -2.87. The molecule has 0 fully saturated rings. The third kappa shape index (κ3) is 1.78. The molecule has 16 heavy (non-hydrogen) atoms. The number of hydrogen-bond donors (Lipinski definition) is 1. The molecule has 3 nitrogen and oxygen atoms in total. The number of hydrogen-bond acceptors (Lipinski definition) is 1. The Balaban J connectivity index is 1.69. The molecule has 3 rings (SSSR count). The Hall–Kier alpha value is -1.48. The molecule has 0 radical (unpaired) electrons. The van der Waals surface area contributed by atoms with E-state index in [-0.39, 0.29) is 0 Å². The molecule has 1 atom stereocenters. The highest BCUT2D eigenvalue weighted by atomic mass is 16.3. The quantitative estimate of drug-likeness (QED) is 0.827. The second kappa shape index (κ2) is 4.18. The largest absolute Gasteiger partial charge is 0.469 e. The second-order valence-corrected chi connectivity index (χ2v) is 4.38. The van der Waals surface area contributed by atoms with Gasteiger partial charge in [-0.25, -0.2) is 0 Å². The zero-order chi connectivity index (χ0) is 10.8. The number of nitrogens with two attached hydrogens (primary N) is 1. The van der Waals surface area contributed by atoms with Crippen LogP contribution in [-0.4, -0.2) is 11.1 Å². The number of fused-ring (bicyclic) bond motifs is 1. The molecule has 0 bridgehead atoms. The Bertz CT molecular complexity index is 444. The van der Waals surface area contributed by atoms with Crippen LogP contribution in [0.1, 0.15) is 23.9 Å². The molecule has 0 unspecified atom stereocenters. The van der Waals surface area contributed by atoms with Gasteiger partial charge in [-0.2, -0.15) is 0 Å². The highest BCUT2D eigenvalue weighted by Crippen LogP contribution is 2.18. The lowest BCUT2D eigenvalue weighted by molar-refractivity contribution is -0.703. The monoisotopic (exact) mass is 217 g/mol. The number of nitrogens with zero attached hydrogens (tertiary/aromatic N) is 1. The molecule has 2 aromatic rings. The molecule has 0 spiro atoms. The van der Waals surface area contributed by atoms with E-state index >= 15 is 0 Å². The van der Waals surface area contributed by atoms with Crippen LogP contribution in [0.15, 0.2) is 41.1 Å². The van der Waals surface area contributed by atoms with Crippen molar-refractivity contribution in [3.63, 3.8) is 0 Å². The normalized spacial score (nSPS) is 19.6. The molecule has 0 aromatic carbocycles. The van der Waals surface area contributed by atoms with Crippen molar-refractivity contribution in [2.75, 3.05) is 6.54 Å². The second-order valence-electron chi connectivity index (χ2n) is 4.38. The Kier molecular flexibility index (Phi) is 2.54.